The SMILES string of the molecule is CC1C(=O)NC(=O)CN1C(=O)CCNC(=O)C(C)(C)C. The number of piperazine rings is 1. The van der Waals surface area contributed by atoms with Gasteiger partial charge in [-0.05, 0) is 6.92 Å². The lowest BCUT2D eigenvalue weighted by atomic mass is 9.96. The number of nitrogens with one attached hydrogen (secondary N) is 2. The Labute approximate surface area is 118 Å². The number of nitrogens with zero attached hydrogens (tertiary/aromatic N) is 1. The Hall–Kier alpha value is -1.92. The molecule has 1 aliphatic rings. The average Bonchev–Trinajstić information content (AvgIpc) is 2.32. The molecule has 1 aliphatic heterocycles. The molecule has 2 N–H and O–H groups in total. The van der Waals surface area contributed by atoms with Crippen LogP contribution in [0.3, 0.4) is 0 Å². The topological polar surface area (TPSA) is 95.6 Å². The van der Waals surface area contributed by atoms with E-state index in [4.69, 9.17) is 0 Å². The van der Waals surface area contributed by atoms with E-state index in [1.54, 1.807) is 27.7 Å². The summed E-state index contributed by atoms with van der Waals surface area (Å²) >= 11 is 0. The van der Waals surface area contributed by atoms with Crippen molar-refractivity contribution in [1.82, 2.24) is 15.5 Å². The molecule has 0 aromatic rings. The molecule has 0 radical (unpaired) electrons. The van der Waals surface area contributed by atoms with Crippen LogP contribution in [0.25, 0.3) is 0 Å². The van der Waals surface area contributed by atoms with Crippen LogP contribution in [0.5, 0.6) is 0 Å². The molecule has 0 aliphatic carbocycles. The van der Waals surface area contributed by atoms with E-state index >= 15 is 0 Å². The van der Waals surface area contributed by atoms with E-state index in [2.05, 4.69) is 10.6 Å². The fourth-order valence-electron chi connectivity index (χ4n) is 1.71. The highest BCUT2D eigenvalue weighted by atomic mass is 16.2. The average molecular weight is 283 g/mol. The van der Waals surface area contributed by atoms with Crippen molar-refractivity contribution in [3.8, 4) is 0 Å². The molecule has 0 spiro atoms. The Balaban J connectivity index is 2.48. The largest absolute Gasteiger partial charge is 0.355 e. The highest BCUT2D eigenvalue weighted by Gasteiger charge is 2.33. The summed E-state index contributed by atoms with van der Waals surface area (Å²) in [5.74, 6) is -1.44. The van der Waals surface area contributed by atoms with Crippen LogP contribution in [0, 0.1) is 5.41 Å². The molecule has 1 atom stereocenters. The fourth-order valence-corrected chi connectivity index (χ4v) is 1.71. The van der Waals surface area contributed by atoms with E-state index in [1.165, 1.54) is 4.90 Å². The van der Waals surface area contributed by atoms with E-state index in [0.29, 0.717) is 0 Å². The summed E-state index contributed by atoms with van der Waals surface area (Å²) in [5, 5.41) is 4.82. The normalized spacial score (nSPS) is 19.6. The minimum atomic E-state index is -0.668. The van der Waals surface area contributed by atoms with E-state index in [0.717, 1.165) is 0 Å². The molecule has 0 aromatic heterocycles. The Morgan fingerprint density at radius 2 is 1.95 bits per heavy atom. The van der Waals surface area contributed by atoms with Crippen molar-refractivity contribution in [1.29, 1.82) is 0 Å². The van der Waals surface area contributed by atoms with Gasteiger partial charge in [-0.2, -0.15) is 0 Å². The lowest BCUT2D eigenvalue weighted by Gasteiger charge is -2.31. The molecule has 1 heterocycles. The molecular weight excluding hydrogens is 262 g/mol. The maximum absolute atomic E-state index is 12.0. The monoisotopic (exact) mass is 283 g/mol. The van der Waals surface area contributed by atoms with Gasteiger partial charge in [-0.25, -0.2) is 0 Å². The van der Waals surface area contributed by atoms with E-state index in [-0.39, 0.29) is 31.3 Å². The molecule has 0 bridgehead atoms. The van der Waals surface area contributed by atoms with Gasteiger partial charge in [0, 0.05) is 18.4 Å². The molecule has 0 saturated carbocycles. The zero-order valence-corrected chi connectivity index (χ0v) is 12.3. The Kier molecular flexibility index (Phi) is 4.86. The standard InChI is InChI=1S/C13H21N3O4/c1-8-11(19)15-9(17)7-16(8)10(18)5-6-14-12(20)13(2,3)4/h8H,5-7H2,1-4H3,(H,14,20)(H,15,17,19). The Morgan fingerprint density at radius 1 is 1.35 bits per heavy atom. The van der Waals surface area contributed by atoms with E-state index < -0.39 is 23.3 Å². The zero-order valence-electron chi connectivity index (χ0n) is 12.3. The van der Waals surface area contributed by atoms with Crippen LogP contribution in [0.1, 0.15) is 34.1 Å². The number of carbonyl (C=O) groups excluding carboxylic acids is 4. The second-order valence-electron chi connectivity index (χ2n) is 5.87. The van der Waals surface area contributed by atoms with Gasteiger partial charge in [0.05, 0.1) is 0 Å². The zero-order chi connectivity index (χ0) is 15.5. The maximum Gasteiger partial charge on any atom is 0.249 e. The van der Waals surface area contributed by atoms with Crippen LogP contribution in [0.4, 0.5) is 0 Å². The van der Waals surface area contributed by atoms with Gasteiger partial charge in [0.15, 0.2) is 0 Å². The van der Waals surface area contributed by atoms with Crippen LogP contribution >= 0.6 is 0 Å². The van der Waals surface area contributed by atoms with Gasteiger partial charge < -0.3 is 10.2 Å². The lowest BCUT2D eigenvalue weighted by molar-refractivity contribution is -0.149. The highest BCUT2D eigenvalue weighted by molar-refractivity contribution is 6.04. The number of amides is 4. The summed E-state index contributed by atoms with van der Waals surface area (Å²) < 4.78 is 0. The first-order valence-corrected chi connectivity index (χ1v) is 6.54. The first-order chi connectivity index (χ1) is 9.12. The molecular formula is C13H21N3O4. The minimum Gasteiger partial charge on any atom is -0.355 e. The van der Waals surface area contributed by atoms with Crippen molar-refractivity contribution in [3.05, 3.63) is 0 Å². The fraction of sp³-hybridized carbons (Fsp3) is 0.692. The first-order valence-electron chi connectivity index (χ1n) is 6.54. The van der Waals surface area contributed by atoms with Gasteiger partial charge in [0.25, 0.3) is 0 Å². The van der Waals surface area contributed by atoms with Gasteiger partial charge in [-0.15, -0.1) is 0 Å². The predicted molar refractivity (Wildman–Crippen MR) is 71.4 cm³/mol. The second-order valence-corrected chi connectivity index (χ2v) is 5.87. The molecule has 112 valence electrons. The molecule has 1 fully saturated rings. The highest BCUT2D eigenvalue weighted by Crippen LogP contribution is 2.12. The molecule has 1 rings (SSSR count). The van der Waals surface area contributed by atoms with Crippen molar-refractivity contribution >= 4 is 23.6 Å². The summed E-state index contributed by atoms with van der Waals surface area (Å²) in [7, 11) is 0. The number of carbonyl (C=O) groups is 4. The van der Waals surface area contributed by atoms with E-state index in [1.807, 2.05) is 0 Å². The van der Waals surface area contributed by atoms with Gasteiger partial charge in [-0.3, -0.25) is 24.5 Å². The van der Waals surface area contributed by atoms with Gasteiger partial charge in [-0.1, -0.05) is 20.8 Å². The van der Waals surface area contributed by atoms with Gasteiger partial charge in [0.1, 0.15) is 12.6 Å². The smallest absolute Gasteiger partial charge is 0.249 e. The number of hydrogen-bond donors (Lipinski definition) is 2. The Morgan fingerprint density at radius 3 is 2.50 bits per heavy atom. The summed E-state index contributed by atoms with van der Waals surface area (Å²) in [6.07, 6.45) is 0.0622. The number of hydrogen-bond acceptors (Lipinski definition) is 4. The lowest BCUT2D eigenvalue weighted by Crippen LogP contribution is -2.58. The molecule has 0 aromatic carbocycles. The molecule has 1 saturated heterocycles. The third-order valence-electron chi connectivity index (χ3n) is 3.05. The summed E-state index contributed by atoms with van der Waals surface area (Å²) in [4.78, 5) is 47.5. The third-order valence-corrected chi connectivity index (χ3v) is 3.05. The quantitative estimate of drug-likeness (QED) is 0.677. The summed E-state index contributed by atoms with van der Waals surface area (Å²) in [5.41, 5.74) is -0.517. The first kappa shape index (κ1) is 16.1. The molecule has 20 heavy (non-hydrogen) atoms. The number of imide groups is 1. The van der Waals surface area contributed by atoms with Gasteiger partial charge in [0.2, 0.25) is 23.6 Å². The summed E-state index contributed by atoms with van der Waals surface area (Å²) in [6, 6.07) is -0.668. The Bertz CT molecular complexity index is 439. The van der Waals surface area contributed by atoms with Crippen LogP contribution in [-0.2, 0) is 19.2 Å². The summed E-state index contributed by atoms with van der Waals surface area (Å²) in [6.45, 7) is 6.96. The van der Waals surface area contributed by atoms with Crippen molar-refractivity contribution in [2.75, 3.05) is 13.1 Å². The third kappa shape index (κ3) is 4.04. The van der Waals surface area contributed by atoms with Crippen LogP contribution < -0.4 is 10.6 Å². The molecule has 4 amide bonds. The van der Waals surface area contributed by atoms with Crippen molar-refractivity contribution < 1.29 is 19.2 Å². The number of rotatable bonds is 3. The van der Waals surface area contributed by atoms with Gasteiger partial charge >= 0.3 is 0 Å². The van der Waals surface area contributed by atoms with Crippen molar-refractivity contribution in [3.63, 3.8) is 0 Å². The molecule has 7 nitrogen and oxygen atoms in total. The van der Waals surface area contributed by atoms with E-state index in [9.17, 15) is 19.2 Å². The predicted octanol–water partition coefficient (Wildman–Crippen LogP) is -0.588. The van der Waals surface area contributed by atoms with Crippen LogP contribution in [0.2, 0.25) is 0 Å². The molecule has 1 unspecified atom stereocenters. The van der Waals surface area contributed by atoms with Crippen molar-refractivity contribution in [2.45, 2.75) is 40.2 Å². The maximum atomic E-state index is 12.0. The molecule has 7 heteroatoms. The van der Waals surface area contributed by atoms with Crippen LogP contribution in [-0.4, -0.2) is 47.7 Å². The van der Waals surface area contributed by atoms with Crippen LogP contribution in [0.15, 0.2) is 0 Å². The second kappa shape index (κ2) is 6.02. The van der Waals surface area contributed by atoms with Crippen molar-refractivity contribution in [2.24, 2.45) is 5.41 Å². The minimum absolute atomic E-state index is 0.0622.